The van der Waals surface area contributed by atoms with Crippen LogP contribution in [0.25, 0.3) is 0 Å². The van der Waals surface area contributed by atoms with Gasteiger partial charge in [-0.3, -0.25) is 0 Å². The summed E-state index contributed by atoms with van der Waals surface area (Å²) in [5.41, 5.74) is -1.69. The number of benzene rings is 1. The summed E-state index contributed by atoms with van der Waals surface area (Å²) in [6.45, 7) is 3.25. The Morgan fingerprint density at radius 2 is 2.05 bits per heavy atom. The summed E-state index contributed by atoms with van der Waals surface area (Å²) in [5, 5.41) is 12.8. The third kappa shape index (κ3) is 2.99. The quantitative estimate of drug-likeness (QED) is 0.802. The van der Waals surface area contributed by atoms with Crippen molar-refractivity contribution in [1.82, 2.24) is 0 Å². The van der Waals surface area contributed by atoms with E-state index in [1.54, 1.807) is 19.9 Å². The molecule has 0 aromatic heterocycles. The highest BCUT2D eigenvalue weighted by Crippen LogP contribution is 2.28. The first-order valence-electron chi connectivity index (χ1n) is 6.20. The van der Waals surface area contributed by atoms with Crippen LogP contribution in [0.5, 0.6) is 0 Å². The predicted molar refractivity (Wildman–Crippen MR) is 68.2 cm³/mol. The van der Waals surface area contributed by atoms with Crippen molar-refractivity contribution in [2.45, 2.75) is 32.0 Å². The van der Waals surface area contributed by atoms with E-state index in [4.69, 9.17) is 9.57 Å². The van der Waals surface area contributed by atoms with Gasteiger partial charge in [-0.1, -0.05) is 5.16 Å². The summed E-state index contributed by atoms with van der Waals surface area (Å²) >= 11 is 0. The molecule has 7 heteroatoms. The molecule has 0 spiro atoms. The van der Waals surface area contributed by atoms with Crippen LogP contribution < -0.4 is 0 Å². The molecule has 1 aromatic rings. The Labute approximate surface area is 119 Å². The monoisotopic (exact) mass is 294 g/mol. The predicted octanol–water partition coefficient (Wildman–Crippen LogP) is 2.30. The highest BCUT2D eigenvalue weighted by molar-refractivity contribution is 6.05. The Balaban J connectivity index is 2.25. The zero-order chi connectivity index (χ0) is 15.6. The molecule has 0 aliphatic carbocycles. The van der Waals surface area contributed by atoms with Gasteiger partial charge in [0.25, 0.3) is 0 Å². The number of nitriles is 1. The van der Waals surface area contributed by atoms with E-state index in [1.807, 2.05) is 0 Å². The Hall–Kier alpha value is -2.49. The number of nitrogens with zero attached hydrogens (tertiary/aromatic N) is 2. The van der Waals surface area contributed by atoms with Gasteiger partial charge in [-0.2, -0.15) is 5.26 Å². The van der Waals surface area contributed by atoms with Gasteiger partial charge in [-0.25, -0.2) is 13.6 Å². The summed E-state index contributed by atoms with van der Waals surface area (Å²) in [6, 6.07) is 4.52. The molecular weight excluding hydrogens is 282 g/mol. The lowest BCUT2D eigenvalue weighted by Crippen LogP contribution is -2.40. The maximum absolute atomic E-state index is 13.2. The molecule has 1 unspecified atom stereocenters. The number of ether oxygens (including phenoxy) is 1. The standard InChI is InChI=1S/C14H12F2N2O3/c1-8(2)20-13(19)14(7-17)6-12(18-21-14)9-3-10(15)5-11(16)4-9/h3-5,8H,6H2,1-2H3. The average molecular weight is 294 g/mol. The first kappa shape index (κ1) is 14.9. The lowest BCUT2D eigenvalue weighted by Gasteiger charge is -2.18. The zero-order valence-corrected chi connectivity index (χ0v) is 11.4. The minimum absolute atomic E-state index is 0.107. The Morgan fingerprint density at radius 1 is 1.43 bits per heavy atom. The normalized spacial score (nSPS) is 20.7. The lowest BCUT2D eigenvalue weighted by molar-refractivity contribution is -0.166. The van der Waals surface area contributed by atoms with Crippen molar-refractivity contribution >= 4 is 11.7 Å². The Morgan fingerprint density at radius 3 is 2.57 bits per heavy atom. The first-order valence-corrected chi connectivity index (χ1v) is 6.20. The highest BCUT2D eigenvalue weighted by Gasteiger charge is 2.49. The van der Waals surface area contributed by atoms with Crippen molar-refractivity contribution in [3.05, 3.63) is 35.4 Å². The number of esters is 1. The van der Waals surface area contributed by atoms with Gasteiger partial charge in [0.05, 0.1) is 18.2 Å². The minimum Gasteiger partial charge on any atom is -0.459 e. The molecule has 0 saturated carbocycles. The van der Waals surface area contributed by atoms with Crippen molar-refractivity contribution in [2.24, 2.45) is 5.16 Å². The molecule has 1 heterocycles. The van der Waals surface area contributed by atoms with E-state index in [0.29, 0.717) is 6.07 Å². The molecule has 0 N–H and O–H groups in total. The molecule has 1 aliphatic rings. The second kappa shape index (κ2) is 5.48. The molecule has 0 radical (unpaired) electrons. The Kier molecular flexibility index (Phi) is 3.89. The average Bonchev–Trinajstić information content (AvgIpc) is 2.82. The van der Waals surface area contributed by atoms with Crippen molar-refractivity contribution in [3.63, 3.8) is 0 Å². The molecule has 2 rings (SSSR count). The van der Waals surface area contributed by atoms with Crippen LogP contribution >= 0.6 is 0 Å². The maximum Gasteiger partial charge on any atom is 0.369 e. The van der Waals surface area contributed by atoms with Crippen LogP contribution in [0, 0.1) is 23.0 Å². The molecule has 110 valence electrons. The van der Waals surface area contributed by atoms with Crippen LogP contribution in [0.2, 0.25) is 0 Å². The second-order valence-electron chi connectivity index (χ2n) is 4.86. The largest absolute Gasteiger partial charge is 0.459 e. The molecule has 0 amide bonds. The van der Waals surface area contributed by atoms with Gasteiger partial charge >= 0.3 is 11.6 Å². The lowest BCUT2D eigenvalue weighted by atomic mass is 9.95. The summed E-state index contributed by atoms with van der Waals surface area (Å²) in [4.78, 5) is 16.8. The zero-order valence-electron chi connectivity index (χ0n) is 11.4. The van der Waals surface area contributed by atoms with Crippen LogP contribution in [0.4, 0.5) is 8.78 Å². The van der Waals surface area contributed by atoms with Crippen molar-refractivity contribution in [1.29, 1.82) is 5.26 Å². The van der Waals surface area contributed by atoms with Crippen LogP contribution in [0.1, 0.15) is 25.8 Å². The number of carbonyl (C=O) groups is 1. The van der Waals surface area contributed by atoms with E-state index in [9.17, 15) is 18.8 Å². The van der Waals surface area contributed by atoms with E-state index >= 15 is 0 Å². The van der Waals surface area contributed by atoms with Gasteiger partial charge < -0.3 is 9.57 Å². The van der Waals surface area contributed by atoms with Gasteiger partial charge in [0.1, 0.15) is 17.7 Å². The molecule has 5 nitrogen and oxygen atoms in total. The van der Waals surface area contributed by atoms with Crippen molar-refractivity contribution < 1.29 is 23.1 Å². The van der Waals surface area contributed by atoms with Gasteiger partial charge in [-0.05, 0) is 26.0 Å². The first-order chi connectivity index (χ1) is 9.86. The fourth-order valence-corrected chi connectivity index (χ4v) is 1.83. The van der Waals surface area contributed by atoms with E-state index in [2.05, 4.69) is 5.16 Å². The molecule has 21 heavy (non-hydrogen) atoms. The summed E-state index contributed by atoms with van der Waals surface area (Å²) in [5.74, 6) is -2.45. The number of oxime groups is 1. The van der Waals surface area contributed by atoms with Crippen LogP contribution in [0.3, 0.4) is 0 Å². The molecular formula is C14H12F2N2O3. The van der Waals surface area contributed by atoms with E-state index in [0.717, 1.165) is 12.1 Å². The Bertz CT molecular complexity index is 632. The molecule has 0 bridgehead atoms. The minimum atomic E-state index is -1.91. The van der Waals surface area contributed by atoms with Gasteiger partial charge in [0.2, 0.25) is 0 Å². The third-order valence-corrected chi connectivity index (χ3v) is 2.78. The van der Waals surface area contributed by atoms with E-state index < -0.39 is 29.3 Å². The molecule has 0 fully saturated rings. The summed E-state index contributed by atoms with van der Waals surface area (Å²) < 4.78 is 31.3. The number of rotatable bonds is 3. The van der Waals surface area contributed by atoms with Crippen LogP contribution in [-0.4, -0.2) is 23.4 Å². The number of hydrogen-bond donors (Lipinski definition) is 0. The maximum atomic E-state index is 13.2. The third-order valence-electron chi connectivity index (χ3n) is 2.78. The molecule has 0 saturated heterocycles. The fraction of sp³-hybridized carbons (Fsp3) is 0.357. The molecule has 1 aliphatic heterocycles. The van der Waals surface area contributed by atoms with Gasteiger partial charge in [0.15, 0.2) is 0 Å². The number of halogens is 2. The van der Waals surface area contributed by atoms with Crippen molar-refractivity contribution in [3.8, 4) is 6.07 Å². The van der Waals surface area contributed by atoms with E-state index in [-0.39, 0.29) is 17.7 Å². The van der Waals surface area contributed by atoms with E-state index in [1.165, 1.54) is 0 Å². The number of carbonyl (C=O) groups excluding carboxylic acids is 1. The summed E-state index contributed by atoms with van der Waals surface area (Å²) in [7, 11) is 0. The summed E-state index contributed by atoms with van der Waals surface area (Å²) in [6.07, 6.45) is -0.667. The number of hydrogen-bond acceptors (Lipinski definition) is 5. The molecule has 1 atom stereocenters. The highest BCUT2D eigenvalue weighted by atomic mass is 19.1. The van der Waals surface area contributed by atoms with Gasteiger partial charge in [0, 0.05) is 11.6 Å². The van der Waals surface area contributed by atoms with Gasteiger partial charge in [-0.15, -0.1) is 0 Å². The smallest absolute Gasteiger partial charge is 0.369 e. The van der Waals surface area contributed by atoms with Crippen LogP contribution in [0.15, 0.2) is 23.4 Å². The second-order valence-corrected chi connectivity index (χ2v) is 4.86. The van der Waals surface area contributed by atoms with Crippen LogP contribution in [-0.2, 0) is 14.4 Å². The van der Waals surface area contributed by atoms with Crippen molar-refractivity contribution in [2.75, 3.05) is 0 Å². The topological polar surface area (TPSA) is 71.7 Å². The fourth-order valence-electron chi connectivity index (χ4n) is 1.83. The SMILES string of the molecule is CC(C)OC(=O)C1(C#N)CC(c2cc(F)cc(F)c2)=NO1. The molecule has 1 aromatic carbocycles.